The second-order valence-electron chi connectivity index (χ2n) is 7.93. The fourth-order valence-corrected chi connectivity index (χ4v) is 4.35. The molecule has 0 amide bonds. The summed E-state index contributed by atoms with van der Waals surface area (Å²) in [6.45, 7) is 3.64. The van der Waals surface area contributed by atoms with Crippen LogP contribution in [0.15, 0.2) is 35.4 Å². The van der Waals surface area contributed by atoms with Gasteiger partial charge in [0.1, 0.15) is 34.2 Å². The highest BCUT2D eigenvalue weighted by molar-refractivity contribution is 5.96. The summed E-state index contributed by atoms with van der Waals surface area (Å²) in [6.07, 6.45) is 3.20. The Kier molecular flexibility index (Phi) is 5.97. The number of Topliss-reactive ketones (excluding diaryl/α,β-unsaturated/α-hetero) is 1. The molecule has 2 N–H and O–H groups in total. The second kappa shape index (κ2) is 8.85. The minimum absolute atomic E-state index is 0.0173. The first kappa shape index (κ1) is 21.6. The smallest absolute Gasteiger partial charge is 0.278 e. The normalized spacial score (nSPS) is 16.2. The maximum atomic E-state index is 13.4. The zero-order valence-corrected chi connectivity index (χ0v) is 18.2. The molecule has 1 aromatic carbocycles. The minimum Gasteiger partial charge on any atom is -0.497 e. The lowest BCUT2D eigenvalue weighted by Crippen LogP contribution is -2.44. The molecule has 1 aliphatic rings. The Bertz CT molecular complexity index is 1270. The largest absolute Gasteiger partial charge is 0.497 e. The van der Waals surface area contributed by atoms with Crippen LogP contribution in [0.2, 0.25) is 0 Å². The number of piperidine rings is 1. The fraction of sp³-hybridized carbons (Fsp3) is 0.391. The molecule has 1 aliphatic heterocycles. The van der Waals surface area contributed by atoms with E-state index in [-0.39, 0.29) is 23.9 Å². The van der Waals surface area contributed by atoms with Crippen molar-refractivity contribution in [2.45, 2.75) is 38.9 Å². The maximum absolute atomic E-state index is 13.4. The molecule has 0 aliphatic carbocycles. The van der Waals surface area contributed by atoms with Gasteiger partial charge in [0.25, 0.3) is 5.56 Å². The van der Waals surface area contributed by atoms with Gasteiger partial charge in [-0.2, -0.15) is 5.26 Å². The number of benzene rings is 1. The van der Waals surface area contributed by atoms with Crippen LogP contribution in [-0.2, 0) is 13.1 Å². The standard InChI is InChI=1S/C23H26N6O3/c1-3-29-21-20(18(11-24)22(29)27-9-5-7-16(25)12-27)26-14-28(23(21)31)13-19(30)15-6-4-8-17(10-15)32-2/h4,6,8,10,14,16H,3,5,7,9,12-13,25H2,1-2H3/t16-/m0/s1. The average molecular weight is 435 g/mol. The summed E-state index contributed by atoms with van der Waals surface area (Å²) in [4.78, 5) is 32.7. The molecule has 2 aromatic heterocycles. The molecule has 9 nitrogen and oxygen atoms in total. The number of hydrogen-bond acceptors (Lipinski definition) is 7. The van der Waals surface area contributed by atoms with Gasteiger partial charge < -0.3 is 19.9 Å². The van der Waals surface area contributed by atoms with Gasteiger partial charge in [-0.15, -0.1) is 0 Å². The number of nitrogens with zero attached hydrogens (tertiary/aromatic N) is 5. The number of carbonyl (C=O) groups is 1. The first-order valence-corrected chi connectivity index (χ1v) is 10.7. The Morgan fingerprint density at radius 1 is 1.41 bits per heavy atom. The third-order valence-electron chi connectivity index (χ3n) is 5.89. The molecule has 4 rings (SSSR count). The Morgan fingerprint density at radius 3 is 2.91 bits per heavy atom. The SMILES string of the molecule is CCn1c(N2CCC[C@H](N)C2)c(C#N)c2ncn(CC(=O)c3cccc(OC)c3)c(=O)c21. The Morgan fingerprint density at radius 2 is 2.22 bits per heavy atom. The third kappa shape index (κ3) is 3.74. The topological polar surface area (TPSA) is 119 Å². The molecule has 0 unspecified atom stereocenters. The molecule has 1 fully saturated rings. The summed E-state index contributed by atoms with van der Waals surface area (Å²) in [5, 5.41) is 9.89. The highest BCUT2D eigenvalue weighted by Gasteiger charge is 2.28. The van der Waals surface area contributed by atoms with Crippen molar-refractivity contribution in [2.75, 3.05) is 25.1 Å². The van der Waals surface area contributed by atoms with Crippen LogP contribution in [0.4, 0.5) is 5.82 Å². The molecular formula is C23H26N6O3. The number of nitriles is 1. The van der Waals surface area contributed by atoms with Crippen LogP contribution in [0.25, 0.3) is 11.0 Å². The first-order valence-electron chi connectivity index (χ1n) is 10.7. The number of nitrogens with two attached hydrogens (primary N) is 1. The molecule has 9 heteroatoms. The van der Waals surface area contributed by atoms with Crippen molar-refractivity contribution in [2.24, 2.45) is 5.73 Å². The summed E-state index contributed by atoms with van der Waals surface area (Å²) < 4.78 is 8.30. The van der Waals surface area contributed by atoms with Gasteiger partial charge in [-0.1, -0.05) is 12.1 Å². The van der Waals surface area contributed by atoms with Crippen molar-refractivity contribution in [3.05, 3.63) is 52.1 Å². The van der Waals surface area contributed by atoms with Crippen molar-refractivity contribution in [3.8, 4) is 11.8 Å². The predicted molar refractivity (Wildman–Crippen MR) is 121 cm³/mol. The highest BCUT2D eigenvalue weighted by Crippen LogP contribution is 2.31. The van der Waals surface area contributed by atoms with E-state index < -0.39 is 0 Å². The van der Waals surface area contributed by atoms with Crippen molar-refractivity contribution >= 4 is 22.6 Å². The van der Waals surface area contributed by atoms with Crippen molar-refractivity contribution < 1.29 is 9.53 Å². The lowest BCUT2D eigenvalue weighted by molar-refractivity contribution is 0.0970. The van der Waals surface area contributed by atoms with Crippen LogP contribution in [0.1, 0.15) is 35.7 Å². The van der Waals surface area contributed by atoms with E-state index >= 15 is 0 Å². The van der Waals surface area contributed by atoms with Gasteiger partial charge in [0, 0.05) is 31.2 Å². The predicted octanol–water partition coefficient (Wildman–Crippen LogP) is 1.91. The van der Waals surface area contributed by atoms with Crippen LogP contribution in [-0.4, -0.2) is 46.1 Å². The maximum Gasteiger partial charge on any atom is 0.278 e. The van der Waals surface area contributed by atoms with Crippen LogP contribution in [0.5, 0.6) is 5.75 Å². The van der Waals surface area contributed by atoms with Crippen LogP contribution in [0.3, 0.4) is 0 Å². The van der Waals surface area contributed by atoms with E-state index in [1.807, 2.05) is 11.5 Å². The van der Waals surface area contributed by atoms with Gasteiger partial charge in [-0.3, -0.25) is 14.2 Å². The van der Waals surface area contributed by atoms with Crippen molar-refractivity contribution in [1.82, 2.24) is 14.1 Å². The minimum atomic E-state index is -0.350. The van der Waals surface area contributed by atoms with E-state index in [1.165, 1.54) is 18.0 Å². The van der Waals surface area contributed by atoms with Gasteiger partial charge in [0.15, 0.2) is 5.78 Å². The number of ketones is 1. The van der Waals surface area contributed by atoms with E-state index in [9.17, 15) is 14.9 Å². The molecule has 32 heavy (non-hydrogen) atoms. The average Bonchev–Trinajstić information content (AvgIpc) is 3.15. The Balaban J connectivity index is 1.79. The summed E-state index contributed by atoms with van der Waals surface area (Å²) in [6, 6.07) is 9.06. The molecule has 1 atom stereocenters. The number of aryl methyl sites for hydroxylation is 1. The number of aromatic nitrogens is 3. The third-order valence-corrected chi connectivity index (χ3v) is 5.89. The number of ether oxygens (including phenoxy) is 1. The number of rotatable bonds is 6. The van der Waals surface area contributed by atoms with Gasteiger partial charge in [-0.25, -0.2) is 4.98 Å². The number of hydrogen-bond donors (Lipinski definition) is 1. The number of carbonyl (C=O) groups excluding carboxylic acids is 1. The highest BCUT2D eigenvalue weighted by atomic mass is 16.5. The van der Waals surface area contributed by atoms with E-state index in [4.69, 9.17) is 10.5 Å². The lowest BCUT2D eigenvalue weighted by atomic mass is 10.1. The van der Waals surface area contributed by atoms with Crippen molar-refractivity contribution in [1.29, 1.82) is 5.26 Å². The van der Waals surface area contributed by atoms with Gasteiger partial charge >= 0.3 is 0 Å². The van der Waals surface area contributed by atoms with E-state index in [2.05, 4.69) is 16.0 Å². The second-order valence-corrected chi connectivity index (χ2v) is 7.93. The molecule has 3 heterocycles. The molecule has 0 spiro atoms. The first-order chi connectivity index (χ1) is 15.5. The lowest BCUT2D eigenvalue weighted by Gasteiger charge is -2.33. The zero-order valence-electron chi connectivity index (χ0n) is 18.2. The Labute approximate surface area is 185 Å². The fourth-order valence-electron chi connectivity index (χ4n) is 4.35. The monoisotopic (exact) mass is 434 g/mol. The van der Waals surface area contributed by atoms with E-state index in [1.54, 1.807) is 24.3 Å². The Hall–Kier alpha value is -3.64. The van der Waals surface area contributed by atoms with Crippen LogP contribution < -0.4 is 20.9 Å². The number of anilines is 1. The zero-order chi connectivity index (χ0) is 22.8. The molecule has 166 valence electrons. The molecular weight excluding hydrogens is 408 g/mol. The number of fused-ring (bicyclic) bond motifs is 1. The summed E-state index contributed by atoms with van der Waals surface area (Å²) >= 11 is 0. The molecule has 0 bridgehead atoms. The van der Waals surface area contributed by atoms with E-state index in [0.717, 1.165) is 19.4 Å². The summed E-state index contributed by atoms with van der Waals surface area (Å²) in [5.74, 6) is 1.02. The van der Waals surface area contributed by atoms with Gasteiger partial charge in [0.05, 0.1) is 20.0 Å². The van der Waals surface area contributed by atoms with Gasteiger partial charge in [-0.05, 0) is 31.9 Å². The quantitative estimate of drug-likeness (QED) is 0.589. The molecule has 0 saturated carbocycles. The number of methoxy groups -OCH3 is 1. The van der Waals surface area contributed by atoms with Crippen LogP contribution in [0, 0.1) is 11.3 Å². The van der Waals surface area contributed by atoms with Gasteiger partial charge in [0.2, 0.25) is 0 Å². The van der Waals surface area contributed by atoms with E-state index in [0.29, 0.717) is 46.8 Å². The summed E-state index contributed by atoms with van der Waals surface area (Å²) in [7, 11) is 1.53. The molecule has 1 saturated heterocycles. The van der Waals surface area contributed by atoms with Crippen molar-refractivity contribution in [3.63, 3.8) is 0 Å². The van der Waals surface area contributed by atoms with Crippen LogP contribution >= 0.6 is 0 Å². The molecule has 3 aromatic rings. The molecule has 0 radical (unpaired) electrons. The summed E-state index contributed by atoms with van der Waals surface area (Å²) in [5.41, 5.74) is 7.33.